The molecule has 0 saturated carbocycles. The zero-order valence-electron chi connectivity index (χ0n) is 14.0. The number of nitrogens with one attached hydrogen (secondary N) is 1. The number of hydrogen-bond donors (Lipinski definition) is 1. The van der Waals surface area contributed by atoms with E-state index in [4.69, 9.17) is 4.74 Å². The van der Waals surface area contributed by atoms with Crippen LogP contribution in [-0.4, -0.2) is 33.9 Å². The van der Waals surface area contributed by atoms with Gasteiger partial charge in [-0.2, -0.15) is 0 Å². The second-order valence-corrected chi connectivity index (χ2v) is 7.00. The van der Waals surface area contributed by atoms with Crippen molar-refractivity contribution < 1.29 is 4.74 Å². The summed E-state index contributed by atoms with van der Waals surface area (Å²) in [6, 6.07) is 6.91. The summed E-state index contributed by atoms with van der Waals surface area (Å²) in [4.78, 5) is 2.36. The fraction of sp³-hybridized carbons (Fsp3) is 0.667. The van der Waals surface area contributed by atoms with Crippen LogP contribution < -0.4 is 10.2 Å². The summed E-state index contributed by atoms with van der Waals surface area (Å²) in [5.41, 5.74) is 4.59. The van der Waals surface area contributed by atoms with E-state index >= 15 is 0 Å². The summed E-state index contributed by atoms with van der Waals surface area (Å²) in [5.74, 6) is 0. The van der Waals surface area contributed by atoms with Crippen molar-refractivity contribution in [2.75, 3.05) is 38.8 Å². The van der Waals surface area contributed by atoms with Gasteiger partial charge >= 0.3 is 0 Å². The Morgan fingerprint density at radius 2 is 2.14 bits per heavy atom. The highest BCUT2D eigenvalue weighted by Crippen LogP contribution is 2.27. The molecule has 0 aromatic heterocycles. The first-order chi connectivity index (χ1) is 10.0. The molecule has 0 atom stereocenters. The highest BCUT2D eigenvalue weighted by atomic mass is 16.5. The Morgan fingerprint density at radius 3 is 2.90 bits per heavy atom. The lowest BCUT2D eigenvalue weighted by Gasteiger charge is -2.28. The molecule has 1 aromatic rings. The molecule has 3 nitrogen and oxygen atoms in total. The molecule has 0 amide bonds. The lowest BCUT2D eigenvalue weighted by Crippen LogP contribution is -2.30. The standard InChI is InChI=1S/C18H30N2O/c1-18(2,9-11-21-4)14-19-13-15-7-8-17-16(12-15)6-5-10-20(17)3/h7-8,12,19H,5-6,9-11,13-14H2,1-4H3. The van der Waals surface area contributed by atoms with E-state index in [1.165, 1.54) is 36.2 Å². The van der Waals surface area contributed by atoms with Crippen LogP contribution in [0.25, 0.3) is 0 Å². The Morgan fingerprint density at radius 1 is 1.33 bits per heavy atom. The van der Waals surface area contributed by atoms with Crippen LogP contribution in [0.1, 0.15) is 37.8 Å². The monoisotopic (exact) mass is 290 g/mol. The molecule has 0 bridgehead atoms. The molecule has 1 N–H and O–H groups in total. The van der Waals surface area contributed by atoms with Gasteiger partial charge in [0.15, 0.2) is 0 Å². The van der Waals surface area contributed by atoms with Crippen molar-refractivity contribution in [1.29, 1.82) is 0 Å². The third-order valence-corrected chi connectivity index (χ3v) is 4.41. The molecule has 0 spiro atoms. The van der Waals surface area contributed by atoms with Crippen LogP contribution in [0.5, 0.6) is 0 Å². The fourth-order valence-electron chi connectivity index (χ4n) is 2.96. The van der Waals surface area contributed by atoms with E-state index in [0.29, 0.717) is 0 Å². The third kappa shape index (κ3) is 4.72. The number of methoxy groups -OCH3 is 1. The summed E-state index contributed by atoms with van der Waals surface area (Å²) < 4.78 is 5.18. The smallest absolute Gasteiger partial charge is 0.0467 e. The van der Waals surface area contributed by atoms with E-state index in [0.717, 1.165) is 26.1 Å². The molecule has 1 aromatic carbocycles. The molecule has 0 fully saturated rings. The summed E-state index contributed by atoms with van der Waals surface area (Å²) in [7, 11) is 3.96. The second-order valence-electron chi connectivity index (χ2n) is 7.00. The number of nitrogens with zero attached hydrogens (tertiary/aromatic N) is 1. The predicted molar refractivity (Wildman–Crippen MR) is 90.0 cm³/mol. The number of anilines is 1. The Bertz CT molecular complexity index is 457. The number of rotatable bonds is 7. The van der Waals surface area contributed by atoms with Gasteiger partial charge in [0.25, 0.3) is 0 Å². The van der Waals surface area contributed by atoms with E-state index < -0.39 is 0 Å². The van der Waals surface area contributed by atoms with Gasteiger partial charge in [-0.1, -0.05) is 26.0 Å². The van der Waals surface area contributed by atoms with Crippen LogP contribution in [0.4, 0.5) is 5.69 Å². The van der Waals surface area contributed by atoms with E-state index in [9.17, 15) is 0 Å². The topological polar surface area (TPSA) is 24.5 Å². The second kappa shape index (κ2) is 7.28. The van der Waals surface area contributed by atoms with Crippen molar-refractivity contribution in [3.05, 3.63) is 29.3 Å². The van der Waals surface area contributed by atoms with Crippen LogP contribution in [0, 0.1) is 5.41 Å². The molecule has 3 heteroatoms. The average molecular weight is 290 g/mol. The number of ether oxygens (including phenoxy) is 1. The molecule has 2 rings (SSSR count). The van der Waals surface area contributed by atoms with Crippen molar-refractivity contribution in [2.45, 2.75) is 39.7 Å². The zero-order valence-corrected chi connectivity index (χ0v) is 14.0. The summed E-state index contributed by atoms with van der Waals surface area (Å²) >= 11 is 0. The van der Waals surface area contributed by atoms with Crippen molar-refractivity contribution >= 4 is 5.69 Å². The van der Waals surface area contributed by atoms with Gasteiger partial charge in [-0.15, -0.1) is 0 Å². The van der Waals surface area contributed by atoms with Crippen molar-refractivity contribution in [2.24, 2.45) is 5.41 Å². The molecule has 118 valence electrons. The van der Waals surface area contributed by atoms with E-state index in [1.807, 2.05) is 0 Å². The SMILES string of the molecule is COCCC(C)(C)CNCc1ccc2c(c1)CCCN2C. The van der Waals surface area contributed by atoms with Gasteiger partial charge in [-0.05, 0) is 41.9 Å². The highest BCUT2D eigenvalue weighted by Gasteiger charge is 2.17. The quantitative estimate of drug-likeness (QED) is 0.834. The van der Waals surface area contributed by atoms with Gasteiger partial charge in [0.2, 0.25) is 0 Å². The summed E-state index contributed by atoms with van der Waals surface area (Å²) in [6.45, 7) is 8.57. The maximum absolute atomic E-state index is 5.18. The Kier molecular flexibility index (Phi) is 5.65. The van der Waals surface area contributed by atoms with Crippen molar-refractivity contribution in [3.8, 4) is 0 Å². The lowest BCUT2D eigenvalue weighted by atomic mass is 9.89. The summed E-state index contributed by atoms with van der Waals surface area (Å²) in [5, 5.41) is 3.60. The minimum absolute atomic E-state index is 0.282. The van der Waals surface area contributed by atoms with Crippen LogP contribution in [0.3, 0.4) is 0 Å². The van der Waals surface area contributed by atoms with Crippen molar-refractivity contribution in [1.82, 2.24) is 5.32 Å². The molecule has 1 aliphatic heterocycles. The third-order valence-electron chi connectivity index (χ3n) is 4.41. The first-order valence-electron chi connectivity index (χ1n) is 8.04. The molecular formula is C18H30N2O. The molecule has 0 unspecified atom stereocenters. The fourth-order valence-corrected chi connectivity index (χ4v) is 2.96. The first kappa shape index (κ1) is 16.3. The molecule has 1 aliphatic rings. The number of aryl methyl sites for hydroxylation is 1. The zero-order chi connectivity index (χ0) is 15.3. The Hall–Kier alpha value is -1.06. The number of benzene rings is 1. The maximum Gasteiger partial charge on any atom is 0.0467 e. The Balaban J connectivity index is 1.86. The van der Waals surface area contributed by atoms with E-state index in [2.05, 4.69) is 49.3 Å². The van der Waals surface area contributed by atoms with E-state index in [1.54, 1.807) is 7.11 Å². The van der Waals surface area contributed by atoms with Gasteiger partial charge in [-0.25, -0.2) is 0 Å². The maximum atomic E-state index is 5.18. The van der Waals surface area contributed by atoms with Gasteiger partial charge in [0, 0.05) is 46.1 Å². The Labute approximate surface area is 129 Å². The molecule has 1 heterocycles. The average Bonchev–Trinajstić information content (AvgIpc) is 2.45. The van der Waals surface area contributed by atoms with Gasteiger partial charge in [-0.3, -0.25) is 0 Å². The molecule has 21 heavy (non-hydrogen) atoms. The largest absolute Gasteiger partial charge is 0.385 e. The van der Waals surface area contributed by atoms with Crippen LogP contribution in [-0.2, 0) is 17.7 Å². The molecule has 0 saturated heterocycles. The number of hydrogen-bond acceptors (Lipinski definition) is 3. The normalized spacial score (nSPS) is 15.1. The van der Waals surface area contributed by atoms with Crippen LogP contribution in [0.15, 0.2) is 18.2 Å². The first-order valence-corrected chi connectivity index (χ1v) is 8.04. The minimum atomic E-state index is 0.282. The van der Waals surface area contributed by atoms with Gasteiger partial charge in [0.1, 0.15) is 0 Å². The van der Waals surface area contributed by atoms with Crippen LogP contribution >= 0.6 is 0 Å². The molecule has 0 aliphatic carbocycles. The van der Waals surface area contributed by atoms with Gasteiger partial charge < -0.3 is 15.0 Å². The molecule has 0 radical (unpaired) electrons. The summed E-state index contributed by atoms with van der Waals surface area (Å²) in [6.07, 6.45) is 3.57. The van der Waals surface area contributed by atoms with Crippen LogP contribution in [0.2, 0.25) is 0 Å². The van der Waals surface area contributed by atoms with Gasteiger partial charge in [0.05, 0.1) is 0 Å². The van der Waals surface area contributed by atoms with E-state index in [-0.39, 0.29) is 5.41 Å². The molecular weight excluding hydrogens is 260 g/mol. The lowest BCUT2D eigenvalue weighted by molar-refractivity contribution is 0.150. The number of fused-ring (bicyclic) bond motifs is 1. The predicted octanol–water partition coefficient (Wildman–Crippen LogP) is 3.22. The highest BCUT2D eigenvalue weighted by molar-refractivity contribution is 5.56. The van der Waals surface area contributed by atoms with Crippen molar-refractivity contribution in [3.63, 3.8) is 0 Å². The minimum Gasteiger partial charge on any atom is -0.385 e.